The van der Waals surface area contributed by atoms with Crippen molar-refractivity contribution in [3.63, 3.8) is 0 Å². The molecule has 2 nitrogen and oxygen atoms in total. The van der Waals surface area contributed by atoms with Crippen molar-refractivity contribution in [2.75, 3.05) is 13.6 Å². The van der Waals surface area contributed by atoms with Crippen LogP contribution in [0, 0.1) is 5.92 Å². The first-order valence-corrected chi connectivity index (χ1v) is 5.91. The molecule has 0 heterocycles. The van der Waals surface area contributed by atoms with Gasteiger partial charge in [-0.1, -0.05) is 33.6 Å². The van der Waals surface area contributed by atoms with Gasteiger partial charge in [-0.05, 0) is 26.3 Å². The van der Waals surface area contributed by atoms with Gasteiger partial charge in [-0.2, -0.15) is 0 Å². The zero-order valence-corrected chi connectivity index (χ0v) is 10.5. The molecule has 0 saturated heterocycles. The van der Waals surface area contributed by atoms with Gasteiger partial charge in [-0.3, -0.25) is 0 Å². The summed E-state index contributed by atoms with van der Waals surface area (Å²) in [7, 11) is 2.10. The molecule has 3 atom stereocenters. The van der Waals surface area contributed by atoms with E-state index in [1.807, 2.05) is 0 Å². The van der Waals surface area contributed by atoms with E-state index in [0.717, 1.165) is 13.0 Å². The lowest BCUT2D eigenvalue weighted by Gasteiger charge is -2.28. The van der Waals surface area contributed by atoms with Crippen LogP contribution < -0.4 is 0 Å². The highest BCUT2D eigenvalue weighted by atomic mass is 16.3. The molecule has 0 radical (unpaired) electrons. The molecule has 0 aromatic carbocycles. The molecule has 3 unspecified atom stereocenters. The van der Waals surface area contributed by atoms with Gasteiger partial charge in [-0.15, -0.1) is 0 Å². The van der Waals surface area contributed by atoms with Crippen LogP contribution in [0.3, 0.4) is 0 Å². The fourth-order valence-electron chi connectivity index (χ4n) is 1.57. The maximum Gasteiger partial charge on any atom is 0.0692 e. The summed E-state index contributed by atoms with van der Waals surface area (Å²) in [5.74, 6) is 0.409. The van der Waals surface area contributed by atoms with Gasteiger partial charge in [0, 0.05) is 12.6 Å². The lowest BCUT2D eigenvalue weighted by molar-refractivity contribution is 0.0639. The van der Waals surface area contributed by atoms with Gasteiger partial charge in [-0.25, -0.2) is 0 Å². The molecule has 2 heteroatoms. The van der Waals surface area contributed by atoms with E-state index in [-0.39, 0.29) is 6.10 Å². The molecule has 0 aliphatic carbocycles. The highest BCUT2D eigenvalue weighted by Gasteiger charge is 2.17. The first kappa shape index (κ1) is 13.9. The molecule has 0 spiro atoms. The Balaban J connectivity index is 3.85. The molecule has 0 aliphatic heterocycles. The van der Waals surface area contributed by atoms with E-state index in [9.17, 15) is 5.11 Å². The van der Waals surface area contributed by atoms with Crippen molar-refractivity contribution in [3.05, 3.63) is 0 Å². The number of rotatable bonds is 7. The van der Waals surface area contributed by atoms with Gasteiger partial charge in [0.05, 0.1) is 6.10 Å². The Bertz CT molecular complexity index is 138. The lowest BCUT2D eigenvalue weighted by atomic mass is 10.0. The van der Waals surface area contributed by atoms with E-state index in [2.05, 4.69) is 39.6 Å². The maximum absolute atomic E-state index is 9.86. The predicted molar refractivity (Wildman–Crippen MR) is 62.5 cm³/mol. The topological polar surface area (TPSA) is 23.5 Å². The SMILES string of the molecule is CCCC(C)N(C)CC(O)C(C)CC. The van der Waals surface area contributed by atoms with Gasteiger partial charge in [0.25, 0.3) is 0 Å². The van der Waals surface area contributed by atoms with Gasteiger partial charge in [0.1, 0.15) is 0 Å². The summed E-state index contributed by atoms with van der Waals surface area (Å²) >= 11 is 0. The fraction of sp³-hybridized carbons (Fsp3) is 1.00. The van der Waals surface area contributed by atoms with Crippen molar-refractivity contribution in [2.45, 2.75) is 59.1 Å². The van der Waals surface area contributed by atoms with Crippen molar-refractivity contribution in [3.8, 4) is 0 Å². The smallest absolute Gasteiger partial charge is 0.0692 e. The Morgan fingerprint density at radius 3 is 2.21 bits per heavy atom. The van der Waals surface area contributed by atoms with E-state index in [0.29, 0.717) is 12.0 Å². The minimum absolute atomic E-state index is 0.177. The summed E-state index contributed by atoms with van der Waals surface area (Å²) in [6.45, 7) is 9.48. The van der Waals surface area contributed by atoms with Crippen molar-refractivity contribution in [1.82, 2.24) is 4.90 Å². The summed E-state index contributed by atoms with van der Waals surface area (Å²) in [6.07, 6.45) is 3.30. The Labute approximate surface area is 89.3 Å². The third-order valence-corrected chi connectivity index (χ3v) is 3.23. The molecule has 0 bridgehead atoms. The van der Waals surface area contributed by atoms with Crippen LogP contribution in [0.5, 0.6) is 0 Å². The molecule has 86 valence electrons. The molecular formula is C12H27NO. The number of nitrogens with zero attached hydrogens (tertiary/aromatic N) is 1. The minimum atomic E-state index is -0.177. The van der Waals surface area contributed by atoms with E-state index in [1.54, 1.807) is 0 Å². The molecule has 0 fully saturated rings. The van der Waals surface area contributed by atoms with Crippen LogP contribution in [0.15, 0.2) is 0 Å². The molecule has 0 aliphatic rings. The molecule has 0 saturated carbocycles. The molecule has 14 heavy (non-hydrogen) atoms. The quantitative estimate of drug-likeness (QED) is 0.684. The highest BCUT2D eigenvalue weighted by molar-refractivity contribution is 4.70. The number of aliphatic hydroxyl groups excluding tert-OH is 1. The van der Waals surface area contributed by atoms with E-state index in [4.69, 9.17) is 0 Å². The summed E-state index contributed by atoms with van der Waals surface area (Å²) in [4.78, 5) is 2.26. The average molecular weight is 201 g/mol. The van der Waals surface area contributed by atoms with Gasteiger partial charge < -0.3 is 10.0 Å². The van der Waals surface area contributed by atoms with Crippen LogP contribution in [-0.2, 0) is 0 Å². The molecular weight excluding hydrogens is 174 g/mol. The van der Waals surface area contributed by atoms with Crippen LogP contribution in [0.1, 0.15) is 47.0 Å². The van der Waals surface area contributed by atoms with E-state index < -0.39 is 0 Å². The van der Waals surface area contributed by atoms with Crippen molar-refractivity contribution < 1.29 is 5.11 Å². The lowest BCUT2D eigenvalue weighted by Crippen LogP contribution is -2.38. The maximum atomic E-state index is 9.86. The molecule has 0 aromatic rings. The Kier molecular flexibility index (Phi) is 7.20. The number of hydrogen-bond donors (Lipinski definition) is 1. The normalized spacial score (nSPS) is 18.2. The Morgan fingerprint density at radius 1 is 1.21 bits per heavy atom. The van der Waals surface area contributed by atoms with Crippen molar-refractivity contribution in [1.29, 1.82) is 0 Å². The van der Waals surface area contributed by atoms with Gasteiger partial charge in [0.2, 0.25) is 0 Å². The van der Waals surface area contributed by atoms with Crippen LogP contribution in [0.4, 0.5) is 0 Å². The number of likely N-dealkylation sites (N-methyl/N-ethyl adjacent to an activating group) is 1. The second-order valence-corrected chi connectivity index (χ2v) is 4.53. The monoisotopic (exact) mass is 201 g/mol. The second-order valence-electron chi connectivity index (χ2n) is 4.53. The molecule has 0 rings (SSSR count). The van der Waals surface area contributed by atoms with Crippen LogP contribution in [0.25, 0.3) is 0 Å². The third kappa shape index (κ3) is 4.97. The predicted octanol–water partition coefficient (Wildman–Crippen LogP) is 2.51. The summed E-state index contributed by atoms with van der Waals surface area (Å²) in [5, 5.41) is 9.86. The van der Waals surface area contributed by atoms with Crippen LogP contribution >= 0.6 is 0 Å². The van der Waals surface area contributed by atoms with Crippen molar-refractivity contribution >= 4 is 0 Å². The number of hydrogen-bond acceptors (Lipinski definition) is 2. The van der Waals surface area contributed by atoms with Gasteiger partial charge in [0.15, 0.2) is 0 Å². The molecule has 0 amide bonds. The largest absolute Gasteiger partial charge is 0.392 e. The summed E-state index contributed by atoms with van der Waals surface area (Å²) < 4.78 is 0. The number of aliphatic hydroxyl groups is 1. The minimum Gasteiger partial charge on any atom is -0.392 e. The fourth-order valence-corrected chi connectivity index (χ4v) is 1.57. The van der Waals surface area contributed by atoms with Crippen LogP contribution in [0.2, 0.25) is 0 Å². The third-order valence-electron chi connectivity index (χ3n) is 3.23. The van der Waals surface area contributed by atoms with Gasteiger partial charge >= 0.3 is 0 Å². The highest BCUT2D eigenvalue weighted by Crippen LogP contribution is 2.11. The molecule has 1 N–H and O–H groups in total. The Hall–Kier alpha value is -0.0800. The van der Waals surface area contributed by atoms with E-state index in [1.165, 1.54) is 12.8 Å². The van der Waals surface area contributed by atoms with Crippen LogP contribution in [-0.4, -0.2) is 35.7 Å². The first-order valence-electron chi connectivity index (χ1n) is 5.91. The zero-order chi connectivity index (χ0) is 11.1. The van der Waals surface area contributed by atoms with E-state index >= 15 is 0 Å². The average Bonchev–Trinajstić information content (AvgIpc) is 2.16. The zero-order valence-electron chi connectivity index (χ0n) is 10.5. The summed E-state index contributed by atoms with van der Waals surface area (Å²) in [6, 6.07) is 0.582. The Morgan fingerprint density at radius 2 is 1.79 bits per heavy atom. The van der Waals surface area contributed by atoms with Crippen molar-refractivity contribution in [2.24, 2.45) is 5.92 Å². The molecule has 0 aromatic heterocycles. The summed E-state index contributed by atoms with van der Waals surface area (Å²) in [5.41, 5.74) is 0. The second kappa shape index (κ2) is 7.24. The standard InChI is InChI=1S/C12H27NO/c1-6-8-11(4)13(5)9-12(14)10(3)7-2/h10-12,14H,6-9H2,1-5H3. The first-order chi connectivity index (χ1) is 6.52.